The fraction of sp³-hybridized carbons (Fsp3) is 0.643. The first kappa shape index (κ1) is 11.9. The number of hydrogen-bond donors (Lipinski definition) is 1. The van der Waals surface area contributed by atoms with Crippen molar-refractivity contribution >= 4 is 5.82 Å². The monoisotopic (exact) mass is 247 g/mol. The van der Waals surface area contributed by atoms with Crippen molar-refractivity contribution in [3.63, 3.8) is 0 Å². The molecule has 98 valence electrons. The van der Waals surface area contributed by atoms with Gasteiger partial charge in [-0.25, -0.2) is 4.98 Å². The van der Waals surface area contributed by atoms with Crippen molar-refractivity contribution in [3.8, 4) is 0 Å². The van der Waals surface area contributed by atoms with Gasteiger partial charge in [-0.15, -0.1) is 0 Å². The zero-order chi connectivity index (χ0) is 12.5. The summed E-state index contributed by atoms with van der Waals surface area (Å²) in [5.41, 5.74) is 9.77. The topological polar surface area (TPSA) is 51.4 Å². The zero-order valence-corrected chi connectivity index (χ0v) is 11.0. The van der Waals surface area contributed by atoms with Crippen molar-refractivity contribution < 1.29 is 4.74 Å². The van der Waals surface area contributed by atoms with Crippen LogP contribution >= 0.6 is 0 Å². The molecule has 4 nitrogen and oxygen atoms in total. The van der Waals surface area contributed by atoms with E-state index in [1.165, 1.54) is 23.2 Å². The fourth-order valence-electron chi connectivity index (χ4n) is 2.95. The van der Waals surface area contributed by atoms with E-state index >= 15 is 0 Å². The first-order valence-electron chi connectivity index (χ1n) is 6.85. The summed E-state index contributed by atoms with van der Waals surface area (Å²) in [5.74, 6) is 1.09. The van der Waals surface area contributed by atoms with Crippen LogP contribution in [0.4, 0.5) is 5.82 Å². The van der Waals surface area contributed by atoms with Gasteiger partial charge in [0.05, 0.1) is 19.3 Å². The van der Waals surface area contributed by atoms with Crippen LogP contribution in [0.15, 0.2) is 6.07 Å². The Morgan fingerprint density at radius 1 is 1.50 bits per heavy atom. The molecule has 1 atom stereocenters. The molecule has 2 N–H and O–H groups in total. The maximum absolute atomic E-state index is 5.90. The molecule has 1 aromatic heterocycles. The molecule has 0 bridgehead atoms. The number of aromatic nitrogens is 1. The number of ether oxygens (including phenoxy) is 1. The van der Waals surface area contributed by atoms with E-state index in [-0.39, 0.29) is 0 Å². The predicted molar refractivity (Wildman–Crippen MR) is 71.8 cm³/mol. The summed E-state index contributed by atoms with van der Waals surface area (Å²) < 4.78 is 5.50. The highest BCUT2D eigenvalue weighted by molar-refractivity contribution is 5.52. The second-order valence-corrected chi connectivity index (χ2v) is 5.25. The smallest absolute Gasteiger partial charge is 0.133 e. The number of hydrogen-bond acceptors (Lipinski definition) is 4. The van der Waals surface area contributed by atoms with Crippen molar-refractivity contribution in [1.82, 2.24) is 4.98 Å². The number of nitrogens with zero attached hydrogens (tertiary/aromatic N) is 2. The molecule has 1 aliphatic heterocycles. The lowest BCUT2D eigenvalue weighted by atomic mass is 10.1. The molecule has 1 aromatic rings. The summed E-state index contributed by atoms with van der Waals surface area (Å²) in [6.07, 6.45) is 3.51. The first-order valence-corrected chi connectivity index (χ1v) is 6.85. The normalized spacial score (nSPS) is 23.2. The molecule has 1 unspecified atom stereocenters. The zero-order valence-electron chi connectivity index (χ0n) is 11.0. The van der Waals surface area contributed by atoms with E-state index in [2.05, 4.69) is 17.9 Å². The molecule has 3 rings (SSSR count). The molecular weight excluding hydrogens is 226 g/mol. The van der Waals surface area contributed by atoms with Crippen LogP contribution in [0, 0.1) is 0 Å². The van der Waals surface area contributed by atoms with Gasteiger partial charge in [-0.3, -0.25) is 0 Å². The van der Waals surface area contributed by atoms with Crippen LogP contribution in [0.5, 0.6) is 0 Å². The summed E-state index contributed by atoms with van der Waals surface area (Å²) in [5, 5.41) is 0. The summed E-state index contributed by atoms with van der Waals surface area (Å²) >= 11 is 0. The lowest BCUT2D eigenvalue weighted by Gasteiger charge is -2.35. The first-order chi connectivity index (χ1) is 8.79. The third kappa shape index (κ3) is 1.99. The number of aryl methyl sites for hydroxylation is 2. The minimum atomic E-state index is 0.385. The van der Waals surface area contributed by atoms with Gasteiger partial charge in [0.25, 0.3) is 0 Å². The third-order valence-electron chi connectivity index (χ3n) is 3.97. The number of rotatable bonds is 2. The van der Waals surface area contributed by atoms with Crippen molar-refractivity contribution in [2.24, 2.45) is 5.73 Å². The van der Waals surface area contributed by atoms with Gasteiger partial charge < -0.3 is 15.4 Å². The highest BCUT2D eigenvalue weighted by atomic mass is 16.5. The van der Waals surface area contributed by atoms with Gasteiger partial charge >= 0.3 is 0 Å². The predicted octanol–water partition coefficient (Wildman–Crippen LogP) is 1.25. The van der Waals surface area contributed by atoms with Crippen LogP contribution in [-0.2, 0) is 24.1 Å². The molecule has 2 heterocycles. The maximum atomic E-state index is 5.90. The Balaban J connectivity index is 1.99. The standard InChI is InChI=1S/C14H21N3O/c1-10-9-18-6-5-17(10)14-12(8-15)7-11-3-2-4-13(11)16-14/h7,10H,2-6,8-9,15H2,1H3. The lowest BCUT2D eigenvalue weighted by Crippen LogP contribution is -2.44. The molecule has 1 fully saturated rings. The van der Waals surface area contributed by atoms with Gasteiger partial charge in [0.1, 0.15) is 5.82 Å². The Morgan fingerprint density at radius 3 is 3.17 bits per heavy atom. The van der Waals surface area contributed by atoms with Crippen LogP contribution in [0.1, 0.15) is 30.2 Å². The minimum Gasteiger partial charge on any atom is -0.377 e. The van der Waals surface area contributed by atoms with E-state index < -0.39 is 0 Å². The van der Waals surface area contributed by atoms with Crippen molar-refractivity contribution in [2.75, 3.05) is 24.7 Å². The van der Waals surface area contributed by atoms with Crippen LogP contribution in [-0.4, -0.2) is 30.8 Å². The van der Waals surface area contributed by atoms with E-state index in [0.29, 0.717) is 12.6 Å². The number of pyridine rings is 1. The van der Waals surface area contributed by atoms with Crippen LogP contribution in [0.3, 0.4) is 0 Å². The molecule has 1 aliphatic carbocycles. The summed E-state index contributed by atoms with van der Waals surface area (Å²) in [4.78, 5) is 7.24. The average Bonchev–Trinajstić information content (AvgIpc) is 2.85. The van der Waals surface area contributed by atoms with Gasteiger partial charge in [0.15, 0.2) is 0 Å². The maximum Gasteiger partial charge on any atom is 0.133 e. The van der Waals surface area contributed by atoms with Gasteiger partial charge in [0, 0.05) is 24.3 Å². The van der Waals surface area contributed by atoms with Crippen molar-refractivity contribution in [3.05, 3.63) is 22.9 Å². The number of fused-ring (bicyclic) bond motifs is 1. The van der Waals surface area contributed by atoms with Crippen molar-refractivity contribution in [1.29, 1.82) is 0 Å². The van der Waals surface area contributed by atoms with Crippen molar-refractivity contribution in [2.45, 2.75) is 38.8 Å². The fourth-order valence-corrected chi connectivity index (χ4v) is 2.95. The van der Waals surface area contributed by atoms with E-state index in [1.807, 2.05) is 0 Å². The van der Waals surface area contributed by atoms with Crippen LogP contribution < -0.4 is 10.6 Å². The number of anilines is 1. The molecule has 2 aliphatic rings. The molecular formula is C14H21N3O. The number of morpholine rings is 1. The quantitative estimate of drug-likeness (QED) is 0.854. The van der Waals surface area contributed by atoms with E-state index in [9.17, 15) is 0 Å². The highest BCUT2D eigenvalue weighted by Crippen LogP contribution is 2.28. The van der Waals surface area contributed by atoms with Crippen LogP contribution in [0.2, 0.25) is 0 Å². The molecule has 4 heteroatoms. The Morgan fingerprint density at radius 2 is 2.39 bits per heavy atom. The summed E-state index contributed by atoms with van der Waals surface area (Å²) in [6, 6.07) is 2.66. The lowest BCUT2D eigenvalue weighted by molar-refractivity contribution is 0.0984. The van der Waals surface area contributed by atoms with Gasteiger partial charge in [-0.05, 0) is 37.8 Å². The SMILES string of the molecule is CC1COCCN1c1nc2c(cc1CN)CCC2. The highest BCUT2D eigenvalue weighted by Gasteiger charge is 2.24. The molecule has 0 spiro atoms. The minimum absolute atomic E-state index is 0.385. The molecule has 0 aromatic carbocycles. The Hall–Kier alpha value is -1.13. The van der Waals surface area contributed by atoms with E-state index in [0.717, 1.165) is 38.4 Å². The Labute approximate surface area is 108 Å². The molecule has 0 saturated carbocycles. The van der Waals surface area contributed by atoms with E-state index in [1.54, 1.807) is 0 Å². The van der Waals surface area contributed by atoms with E-state index in [4.69, 9.17) is 15.5 Å². The Bertz CT molecular complexity index is 447. The number of nitrogens with two attached hydrogens (primary N) is 1. The second kappa shape index (κ2) is 4.86. The van der Waals surface area contributed by atoms with Gasteiger partial charge in [0.2, 0.25) is 0 Å². The summed E-state index contributed by atoms with van der Waals surface area (Å²) in [7, 11) is 0. The summed E-state index contributed by atoms with van der Waals surface area (Å²) in [6.45, 7) is 5.24. The average molecular weight is 247 g/mol. The third-order valence-corrected chi connectivity index (χ3v) is 3.97. The molecule has 0 radical (unpaired) electrons. The molecule has 0 amide bonds. The molecule has 18 heavy (non-hydrogen) atoms. The van der Waals surface area contributed by atoms with Gasteiger partial charge in [-0.2, -0.15) is 0 Å². The largest absolute Gasteiger partial charge is 0.377 e. The van der Waals surface area contributed by atoms with Gasteiger partial charge in [-0.1, -0.05) is 0 Å². The molecule has 1 saturated heterocycles. The Kier molecular flexibility index (Phi) is 3.22. The second-order valence-electron chi connectivity index (χ2n) is 5.25. The van der Waals surface area contributed by atoms with Crippen LogP contribution in [0.25, 0.3) is 0 Å².